The fourth-order valence-corrected chi connectivity index (χ4v) is 4.61. The Labute approximate surface area is 175 Å². The highest BCUT2D eigenvalue weighted by Crippen LogP contribution is 2.28. The van der Waals surface area contributed by atoms with Crippen LogP contribution < -0.4 is 0 Å². The van der Waals surface area contributed by atoms with Crippen molar-refractivity contribution in [1.82, 2.24) is 14.4 Å². The second-order valence-corrected chi connectivity index (χ2v) is 8.10. The number of rotatable bonds is 4. The number of carbonyl (C=O) groups is 2. The van der Waals surface area contributed by atoms with Crippen LogP contribution in [0.2, 0.25) is 0 Å². The molecule has 2 aliphatic heterocycles. The molecular weight excluding hydrogens is 384 g/mol. The van der Waals surface area contributed by atoms with Gasteiger partial charge in [0, 0.05) is 55.3 Å². The number of hydrogen-bond donors (Lipinski definition) is 0. The van der Waals surface area contributed by atoms with E-state index in [-0.39, 0.29) is 17.5 Å². The Morgan fingerprint density at radius 3 is 2.40 bits per heavy atom. The van der Waals surface area contributed by atoms with E-state index >= 15 is 0 Å². The summed E-state index contributed by atoms with van der Waals surface area (Å²) in [4.78, 5) is 40.4. The quantitative estimate of drug-likeness (QED) is 0.572. The molecule has 1 unspecified atom stereocenters. The minimum atomic E-state index is -0.455. The van der Waals surface area contributed by atoms with Crippen molar-refractivity contribution in [3.8, 4) is 0 Å². The number of nitrogens with zero attached hydrogens (tertiary/aromatic N) is 4. The van der Waals surface area contributed by atoms with Crippen molar-refractivity contribution >= 4 is 17.5 Å². The molecule has 0 aliphatic carbocycles. The van der Waals surface area contributed by atoms with E-state index < -0.39 is 11.0 Å². The molecular formula is C22H26N4O4. The van der Waals surface area contributed by atoms with E-state index in [1.807, 2.05) is 17.0 Å². The largest absolute Gasteiger partial charge is 0.351 e. The summed E-state index contributed by atoms with van der Waals surface area (Å²) >= 11 is 0. The highest BCUT2D eigenvalue weighted by molar-refractivity contribution is 5.98. The number of hydrogen-bond acceptors (Lipinski definition) is 4. The van der Waals surface area contributed by atoms with Crippen molar-refractivity contribution in [3.05, 3.63) is 64.0 Å². The van der Waals surface area contributed by atoms with Crippen molar-refractivity contribution < 1.29 is 14.5 Å². The maximum Gasteiger partial charge on any atom is 0.272 e. The molecule has 0 spiro atoms. The Balaban J connectivity index is 1.43. The van der Waals surface area contributed by atoms with Crippen LogP contribution in [0.4, 0.5) is 5.69 Å². The minimum absolute atomic E-state index is 0.00818. The number of aryl methyl sites for hydroxylation is 1. The summed E-state index contributed by atoms with van der Waals surface area (Å²) in [5, 5.41) is 11.0. The maximum absolute atomic E-state index is 13.2. The lowest BCUT2D eigenvalue weighted by molar-refractivity contribution is -0.385. The molecule has 1 aromatic heterocycles. The predicted molar refractivity (Wildman–Crippen MR) is 111 cm³/mol. The van der Waals surface area contributed by atoms with Crippen molar-refractivity contribution in [3.63, 3.8) is 0 Å². The van der Waals surface area contributed by atoms with Crippen LogP contribution in [0.1, 0.15) is 47.6 Å². The molecule has 8 heteroatoms. The van der Waals surface area contributed by atoms with Crippen LogP contribution >= 0.6 is 0 Å². The molecule has 30 heavy (non-hydrogen) atoms. The number of aromatic nitrogens is 1. The van der Waals surface area contributed by atoms with Crippen LogP contribution in [0.25, 0.3) is 0 Å². The summed E-state index contributed by atoms with van der Waals surface area (Å²) < 4.78 is 2.20. The third-order valence-electron chi connectivity index (χ3n) is 6.26. The van der Waals surface area contributed by atoms with Gasteiger partial charge in [0.25, 0.3) is 11.6 Å². The van der Waals surface area contributed by atoms with E-state index in [2.05, 4.69) is 17.0 Å². The first-order chi connectivity index (χ1) is 14.5. The molecule has 4 rings (SSSR count). The van der Waals surface area contributed by atoms with Gasteiger partial charge in [-0.2, -0.15) is 0 Å². The summed E-state index contributed by atoms with van der Waals surface area (Å²) in [5.74, 6) is -0.212. The van der Waals surface area contributed by atoms with E-state index in [9.17, 15) is 19.7 Å². The Morgan fingerprint density at radius 1 is 1.07 bits per heavy atom. The molecule has 158 valence electrons. The zero-order chi connectivity index (χ0) is 21.3. The molecule has 0 N–H and O–H groups in total. The van der Waals surface area contributed by atoms with Crippen LogP contribution in [0.3, 0.4) is 0 Å². The number of amides is 2. The number of nitro groups is 1. The molecule has 0 saturated carbocycles. The summed E-state index contributed by atoms with van der Waals surface area (Å²) in [5.41, 5.74) is 0.829. The lowest BCUT2D eigenvalue weighted by Crippen LogP contribution is -2.50. The van der Waals surface area contributed by atoms with Gasteiger partial charge in [-0.05, 0) is 56.9 Å². The molecule has 2 saturated heterocycles. The summed E-state index contributed by atoms with van der Waals surface area (Å²) in [6.45, 7) is 3.54. The Hall–Kier alpha value is -3.16. The average Bonchev–Trinajstić information content (AvgIpc) is 3.44. The van der Waals surface area contributed by atoms with Gasteiger partial charge in [0.2, 0.25) is 5.91 Å². The topological polar surface area (TPSA) is 88.7 Å². The Kier molecular flexibility index (Phi) is 5.57. The average molecular weight is 410 g/mol. The first-order valence-corrected chi connectivity index (χ1v) is 10.4. The van der Waals surface area contributed by atoms with E-state index in [4.69, 9.17) is 0 Å². The van der Waals surface area contributed by atoms with Crippen molar-refractivity contribution in [2.45, 2.75) is 44.7 Å². The third kappa shape index (κ3) is 3.81. The molecule has 1 atom stereocenters. The van der Waals surface area contributed by atoms with Crippen LogP contribution in [0, 0.1) is 17.0 Å². The Morgan fingerprint density at radius 2 is 1.77 bits per heavy atom. The first-order valence-electron chi connectivity index (χ1n) is 10.4. The third-order valence-corrected chi connectivity index (χ3v) is 6.26. The highest BCUT2D eigenvalue weighted by Gasteiger charge is 2.38. The highest BCUT2D eigenvalue weighted by atomic mass is 16.6. The fraction of sp³-hybridized carbons (Fsp3) is 0.455. The fourth-order valence-electron chi connectivity index (χ4n) is 4.61. The number of carbonyl (C=O) groups excluding carboxylic acids is 2. The van der Waals surface area contributed by atoms with Crippen molar-refractivity contribution in [2.75, 3.05) is 19.6 Å². The zero-order valence-corrected chi connectivity index (χ0v) is 17.1. The van der Waals surface area contributed by atoms with Gasteiger partial charge in [0.05, 0.1) is 4.92 Å². The molecule has 1 aromatic carbocycles. The van der Waals surface area contributed by atoms with Gasteiger partial charge in [0.1, 0.15) is 6.04 Å². The van der Waals surface area contributed by atoms with Gasteiger partial charge < -0.3 is 14.4 Å². The van der Waals surface area contributed by atoms with Gasteiger partial charge in [0.15, 0.2) is 0 Å². The van der Waals surface area contributed by atoms with E-state index in [1.54, 1.807) is 17.9 Å². The molecule has 2 aliphatic rings. The molecule has 0 bridgehead atoms. The van der Waals surface area contributed by atoms with Crippen LogP contribution in [0.15, 0.2) is 42.7 Å². The number of likely N-dealkylation sites (tertiary alicyclic amines) is 2. The van der Waals surface area contributed by atoms with Crippen molar-refractivity contribution in [2.24, 2.45) is 0 Å². The normalized spacial score (nSPS) is 19.8. The maximum atomic E-state index is 13.2. The van der Waals surface area contributed by atoms with E-state index in [1.165, 1.54) is 12.1 Å². The SMILES string of the molecule is Cc1cc(C(=O)N2CCCC2C(=O)N2CCC(n3cccc3)CC2)ccc1[N+](=O)[O-]. The van der Waals surface area contributed by atoms with Crippen LogP contribution in [0.5, 0.6) is 0 Å². The van der Waals surface area contributed by atoms with E-state index in [0.29, 0.717) is 43.2 Å². The monoisotopic (exact) mass is 410 g/mol. The summed E-state index contributed by atoms with van der Waals surface area (Å²) in [6.07, 6.45) is 7.38. The lowest BCUT2D eigenvalue weighted by atomic mass is 10.0. The Bertz CT molecular complexity index is 948. The van der Waals surface area contributed by atoms with Gasteiger partial charge in [-0.1, -0.05) is 0 Å². The smallest absolute Gasteiger partial charge is 0.272 e. The molecule has 2 aromatic rings. The van der Waals surface area contributed by atoms with Gasteiger partial charge in [-0.15, -0.1) is 0 Å². The molecule has 2 amide bonds. The lowest BCUT2D eigenvalue weighted by Gasteiger charge is -2.36. The zero-order valence-electron chi connectivity index (χ0n) is 17.1. The van der Waals surface area contributed by atoms with Crippen molar-refractivity contribution in [1.29, 1.82) is 0 Å². The molecule has 3 heterocycles. The molecule has 8 nitrogen and oxygen atoms in total. The van der Waals surface area contributed by atoms with Crippen LogP contribution in [-0.4, -0.2) is 56.8 Å². The van der Waals surface area contributed by atoms with Crippen LogP contribution in [-0.2, 0) is 4.79 Å². The molecule has 2 fully saturated rings. The number of nitro benzene ring substituents is 1. The minimum Gasteiger partial charge on any atom is -0.351 e. The standard InChI is InChI=1S/C22H26N4O4/c1-16-15-17(6-7-19(16)26(29)30)21(27)25-12-4-5-20(25)22(28)24-13-8-18(9-14-24)23-10-2-3-11-23/h2-3,6-7,10-11,15,18,20H,4-5,8-9,12-14H2,1H3. The van der Waals surface area contributed by atoms with Gasteiger partial charge in [-0.3, -0.25) is 19.7 Å². The summed E-state index contributed by atoms with van der Waals surface area (Å²) in [7, 11) is 0. The number of benzene rings is 1. The van der Waals surface area contributed by atoms with Gasteiger partial charge in [-0.25, -0.2) is 0 Å². The van der Waals surface area contributed by atoms with Gasteiger partial charge >= 0.3 is 0 Å². The second kappa shape index (κ2) is 8.30. The predicted octanol–water partition coefficient (Wildman–Crippen LogP) is 3.17. The van der Waals surface area contributed by atoms with E-state index in [0.717, 1.165) is 19.3 Å². The second-order valence-electron chi connectivity index (χ2n) is 8.10. The molecule has 0 radical (unpaired) electrons. The number of piperidine rings is 1. The first kappa shape index (κ1) is 20.1. The summed E-state index contributed by atoms with van der Waals surface area (Å²) in [6, 6.07) is 8.38.